The molecule has 0 spiro atoms. The Hall–Kier alpha value is -1.75. The Morgan fingerprint density at radius 1 is 1.33 bits per heavy atom. The Balaban J connectivity index is 1.98. The van der Waals surface area contributed by atoms with Gasteiger partial charge in [-0.05, 0) is 23.5 Å². The molecule has 0 aliphatic rings. The maximum Gasteiger partial charge on any atom is 0.226 e. The highest BCUT2D eigenvalue weighted by Crippen LogP contribution is 2.29. The minimum atomic E-state index is 0.0133. The molecule has 2 heterocycles. The van der Waals surface area contributed by atoms with Crippen molar-refractivity contribution in [2.24, 2.45) is 11.3 Å². The number of carbonyl (C=O) groups is 1. The SMILES string of the molecule is CC(CC(=O)Nc1nc(-c2ccccn2)cs1)C(C)(C)C. The Morgan fingerprint density at radius 3 is 2.71 bits per heavy atom. The van der Waals surface area contributed by atoms with Crippen LogP contribution < -0.4 is 5.32 Å². The average Bonchev–Trinajstić information content (AvgIpc) is 2.87. The molecule has 0 aromatic carbocycles. The van der Waals surface area contributed by atoms with E-state index >= 15 is 0 Å². The summed E-state index contributed by atoms with van der Waals surface area (Å²) < 4.78 is 0. The number of nitrogens with one attached hydrogen (secondary N) is 1. The summed E-state index contributed by atoms with van der Waals surface area (Å²) in [4.78, 5) is 20.7. The maximum absolute atomic E-state index is 12.1. The van der Waals surface area contributed by atoms with Crippen LogP contribution in [-0.2, 0) is 4.79 Å². The van der Waals surface area contributed by atoms with Gasteiger partial charge in [-0.25, -0.2) is 4.98 Å². The molecule has 1 atom stereocenters. The van der Waals surface area contributed by atoms with Gasteiger partial charge in [0.05, 0.1) is 5.69 Å². The standard InChI is InChI=1S/C16H21N3OS/c1-11(16(2,3)4)9-14(20)19-15-18-13(10-21-15)12-7-5-6-8-17-12/h5-8,10-11H,9H2,1-4H3,(H,18,19,20). The van der Waals surface area contributed by atoms with E-state index in [1.165, 1.54) is 11.3 Å². The van der Waals surface area contributed by atoms with Crippen LogP contribution in [-0.4, -0.2) is 15.9 Å². The zero-order valence-electron chi connectivity index (χ0n) is 12.9. The number of thiazole rings is 1. The predicted molar refractivity (Wildman–Crippen MR) is 87.2 cm³/mol. The van der Waals surface area contributed by atoms with Gasteiger partial charge < -0.3 is 5.32 Å². The normalized spacial score (nSPS) is 13.0. The van der Waals surface area contributed by atoms with Crippen LogP contribution >= 0.6 is 11.3 Å². The van der Waals surface area contributed by atoms with E-state index in [0.29, 0.717) is 17.5 Å². The zero-order valence-corrected chi connectivity index (χ0v) is 13.7. The van der Waals surface area contributed by atoms with Crippen LogP contribution in [0.15, 0.2) is 29.8 Å². The summed E-state index contributed by atoms with van der Waals surface area (Å²) in [6.07, 6.45) is 2.24. The molecule has 21 heavy (non-hydrogen) atoms. The molecule has 0 bridgehead atoms. The third-order valence-corrected chi connectivity index (χ3v) is 4.41. The fraction of sp³-hybridized carbons (Fsp3) is 0.438. The second kappa shape index (κ2) is 6.35. The number of amides is 1. The largest absolute Gasteiger partial charge is 0.302 e. The minimum Gasteiger partial charge on any atom is -0.302 e. The van der Waals surface area contributed by atoms with Crippen molar-refractivity contribution in [1.29, 1.82) is 0 Å². The van der Waals surface area contributed by atoms with Gasteiger partial charge in [0.15, 0.2) is 5.13 Å². The van der Waals surface area contributed by atoms with Gasteiger partial charge in [0.25, 0.3) is 0 Å². The second-order valence-electron chi connectivity index (χ2n) is 6.27. The van der Waals surface area contributed by atoms with E-state index in [1.807, 2.05) is 23.6 Å². The number of aromatic nitrogens is 2. The van der Waals surface area contributed by atoms with Crippen LogP contribution in [0.5, 0.6) is 0 Å². The number of nitrogens with zero attached hydrogens (tertiary/aromatic N) is 2. The molecule has 2 aromatic rings. The maximum atomic E-state index is 12.1. The van der Waals surface area contributed by atoms with Crippen molar-refractivity contribution in [2.45, 2.75) is 34.1 Å². The fourth-order valence-corrected chi connectivity index (χ4v) is 2.44. The lowest BCUT2D eigenvalue weighted by molar-refractivity contribution is -0.117. The summed E-state index contributed by atoms with van der Waals surface area (Å²) in [5.74, 6) is 0.326. The second-order valence-corrected chi connectivity index (χ2v) is 7.13. The first-order valence-electron chi connectivity index (χ1n) is 7.03. The monoisotopic (exact) mass is 303 g/mol. The van der Waals surface area contributed by atoms with Gasteiger partial charge >= 0.3 is 0 Å². The lowest BCUT2D eigenvalue weighted by Crippen LogP contribution is -2.23. The van der Waals surface area contributed by atoms with Gasteiger partial charge in [-0.2, -0.15) is 0 Å². The quantitative estimate of drug-likeness (QED) is 0.920. The summed E-state index contributed by atoms with van der Waals surface area (Å²) in [7, 11) is 0. The van der Waals surface area contributed by atoms with E-state index in [4.69, 9.17) is 0 Å². The summed E-state index contributed by atoms with van der Waals surface area (Å²) in [6.45, 7) is 8.54. The molecule has 0 saturated heterocycles. The average molecular weight is 303 g/mol. The molecule has 2 rings (SSSR count). The highest BCUT2D eigenvalue weighted by atomic mass is 32.1. The van der Waals surface area contributed by atoms with Crippen LogP contribution in [0.4, 0.5) is 5.13 Å². The molecule has 5 heteroatoms. The van der Waals surface area contributed by atoms with Crippen molar-refractivity contribution in [3.8, 4) is 11.4 Å². The Labute approximate surface area is 129 Å². The molecule has 0 radical (unpaired) electrons. The van der Waals surface area contributed by atoms with Gasteiger partial charge in [0.2, 0.25) is 5.91 Å². The van der Waals surface area contributed by atoms with Crippen molar-refractivity contribution in [3.05, 3.63) is 29.8 Å². The lowest BCUT2D eigenvalue weighted by Gasteiger charge is -2.26. The first-order valence-corrected chi connectivity index (χ1v) is 7.91. The predicted octanol–water partition coefficient (Wildman–Crippen LogP) is 4.22. The van der Waals surface area contributed by atoms with E-state index in [-0.39, 0.29) is 11.3 Å². The van der Waals surface area contributed by atoms with Crippen LogP contribution in [0.2, 0.25) is 0 Å². The molecule has 112 valence electrons. The minimum absolute atomic E-state index is 0.0133. The molecule has 1 unspecified atom stereocenters. The lowest BCUT2D eigenvalue weighted by atomic mass is 9.80. The number of hydrogen-bond donors (Lipinski definition) is 1. The Bertz CT molecular complexity index is 601. The van der Waals surface area contributed by atoms with Crippen LogP contribution in [0.3, 0.4) is 0 Å². The fourth-order valence-electron chi connectivity index (χ4n) is 1.72. The number of anilines is 1. The van der Waals surface area contributed by atoms with Gasteiger partial charge in [-0.3, -0.25) is 9.78 Å². The van der Waals surface area contributed by atoms with Crippen molar-refractivity contribution < 1.29 is 4.79 Å². The molecule has 2 aromatic heterocycles. The summed E-state index contributed by atoms with van der Waals surface area (Å²) in [5.41, 5.74) is 1.73. The van der Waals surface area contributed by atoms with Gasteiger partial charge in [-0.1, -0.05) is 33.8 Å². The van der Waals surface area contributed by atoms with Crippen molar-refractivity contribution in [2.75, 3.05) is 5.32 Å². The first-order chi connectivity index (χ1) is 9.86. The molecule has 1 amide bonds. The molecular weight excluding hydrogens is 282 g/mol. The number of carbonyl (C=O) groups excluding carboxylic acids is 1. The van der Waals surface area contributed by atoms with Crippen molar-refractivity contribution >= 4 is 22.4 Å². The Kier molecular flexibility index (Phi) is 4.73. The van der Waals surface area contributed by atoms with Crippen molar-refractivity contribution in [3.63, 3.8) is 0 Å². The van der Waals surface area contributed by atoms with Crippen molar-refractivity contribution in [1.82, 2.24) is 9.97 Å². The van der Waals surface area contributed by atoms with Gasteiger partial charge in [0, 0.05) is 18.0 Å². The van der Waals surface area contributed by atoms with E-state index in [9.17, 15) is 4.79 Å². The molecule has 4 nitrogen and oxygen atoms in total. The smallest absolute Gasteiger partial charge is 0.226 e. The first kappa shape index (κ1) is 15.6. The van der Waals surface area contributed by atoms with Crippen LogP contribution in [0.25, 0.3) is 11.4 Å². The molecule has 0 aliphatic heterocycles. The Morgan fingerprint density at radius 2 is 2.10 bits per heavy atom. The summed E-state index contributed by atoms with van der Waals surface area (Å²) in [5, 5.41) is 5.41. The highest BCUT2D eigenvalue weighted by molar-refractivity contribution is 7.14. The van der Waals surface area contributed by atoms with E-state index in [0.717, 1.165) is 11.4 Å². The summed E-state index contributed by atoms with van der Waals surface area (Å²) in [6, 6.07) is 5.69. The molecule has 1 N–H and O–H groups in total. The van der Waals surface area contributed by atoms with Gasteiger partial charge in [-0.15, -0.1) is 11.3 Å². The highest BCUT2D eigenvalue weighted by Gasteiger charge is 2.22. The van der Waals surface area contributed by atoms with Crippen LogP contribution in [0, 0.1) is 11.3 Å². The number of rotatable bonds is 4. The molecular formula is C16H21N3OS. The summed E-state index contributed by atoms with van der Waals surface area (Å²) >= 11 is 1.42. The van der Waals surface area contributed by atoms with E-state index < -0.39 is 0 Å². The third kappa shape index (κ3) is 4.36. The molecule has 0 fully saturated rings. The van der Waals surface area contributed by atoms with Gasteiger partial charge in [0.1, 0.15) is 5.69 Å². The zero-order chi connectivity index (χ0) is 15.5. The third-order valence-electron chi connectivity index (χ3n) is 3.65. The van der Waals surface area contributed by atoms with E-state index in [2.05, 4.69) is 43.0 Å². The number of hydrogen-bond acceptors (Lipinski definition) is 4. The van der Waals surface area contributed by atoms with E-state index in [1.54, 1.807) is 6.20 Å². The number of pyridine rings is 1. The topological polar surface area (TPSA) is 54.9 Å². The molecule has 0 aliphatic carbocycles. The van der Waals surface area contributed by atoms with Crippen LogP contribution in [0.1, 0.15) is 34.1 Å². The molecule has 0 saturated carbocycles.